The van der Waals surface area contributed by atoms with Gasteiger partial charge in [-0.15, -0.1) is 0 Å². The van der Waals surface area contributed by atoms with Crippen LogP contribution in [0.4, 0.5) is 5.69 Å². The van der Waals surface area contributed by atoms with Crippen LogP contribution in [0.3, 0.4) is 0 Å². The second-order valence-electron chi connectivity index (χ2n) is 8.38. The van der Waals surface area contributed by atoms with Gasteiger partial charge in [0.25, 0.3) is 17.7 Å². The van der Waals surface area contributed by atoms with Crippen molar-refractivity contribution in [1.82, 2.24) is 4.90 Å². The van der Waals surface area contributed by atoms with Crippen molar-refractivity contribution in [3.05, 3.63) is 52.6 Å². The molecule has 3 amide bonds. The highest BCUT2D eigenvalue weighted by Crippen LogP contribution is 2.34. The van der Waals surface area contributed by atoms with E-state index in [2.05, 4.69) is 5.32 Å². The Morgan fingerprint density at radius 1 is 1.03 bits per heavy atom. The molecule has 0 bridgehead atoms. The van der Waals surface area contributed by atoms with E-state index in [0.717, 1.165) is 12.8 Å². The molecule has 0 aliphatic carbocycles. The Morgan fingerprint density at radius 2 is 1.69 bits per heavy atom. The van der Waals surface area contributed by atoms with Crippen LogP contribution >= 0.6 is 0 Å². The SMILES string of the molecule is COc1cc(NC(=O)c2ccc3c(c2)C(=O)N(CCC2CCOCC2)C3=O)c(C(=O)O)cc1OC. The zero-order valence-electron chi connectivity index (χ0n) is 19.5. The number of rotatable bonds is 8. The van der Waals surface area contributed by atoms with Crippen LogP contribution in [0.15, 0.2) is 30.3 Å². The van der Waals surface area contributed by atoms with Gasteiger partial charge >= 0.3 is 5.97 Å². The number of carbonyl (C=O) groups is 4. The van der Waals surface area contributed by atoms with Crippen LogP contribution in [0.2, 0.25) is 0 Å². The first-order chi connectivity index (χ1) is 16.8. The highest BCUT2D eigenvalue weighted by molar-refractivity contribution is 6.22. The molecule has 2 aromatic carbocycles. The fraction of sp³-hybridized carbons (Fsp3) is 0.360. The predicted molar refractivity (Wildman–Crippen MR) is 124 cm³/mol. The first-order valence-corrected chi connectivity index (χ1v) is 11.2. The number of carbonyl (C=O) groups excluding carboxylic acids is 3. The third-order valence-electron chi connectivity index (χ3n) is 6.34. The summed E-state index contributed by atoms with van der Waals surface area (Å²) in [6, 6.07) is 6.84. The maximum absolute atomic E-state index is 13.0. The summed E-state index contributed by atoms with van der Waals surface area (Å²) in [6.45, 7) is 1.69. The molecule has 10 heteroatoms. The van der Waals surface area contributed by atoms with Crippen LogP contribution in [0.1, 0.15) is 60.7 Å². The molecule has 2 N–H and O–H groups in total. The number of carboxylic acids is 1. The summed E-state index contributed by atoms with van der Waals surface area (Å²) in [5.74, 6) is -1.88. The zero-order chi connectivity index (χ0) is 25.1. The van der Waals surface area contributed by atoms with Gasteiger partial charge in [-0.3, -0.25) is 19.3 Å². The van der Waals surface area contributed by atoms with Crippen molar-refractivity contribution in [3.8, 4) is 11.5 Å². The summed E-state index contributed by atoms with van der Waals surface area (Å²) in [5, 5.41) is 12.1. The number of benzene rings is 2. The molecule has 35 heavy (non-hydrogen) atoms. The van der Waals surface area contributed by atoms with Crippen LogP contribution < -0.4 is 14.8 Å². The molecule has 1 saturated heterocycles. The zero-order valence-corrected chi connectivity index (χ0v) is 19.5. The highest BCUT2D eigenvalue weighted by Gasteiger charge is 2.36. The summed E-state index contributed by atoms with van der Waals surface area (Å²) >= 11 is 0. The van der Waals surface area contributed by atoms with Gasteiger partial charge < -0.3 is 24.6 Å². The van der Waals surface area contributed by atoms with Crippen molar-refractivity contribution < 1.29 is 38.5 Å². The Bertz CT molecular complexity index is 1190. The van der Waals surface area contributed by atoms with Gasteiger partial charge in [-0.1, -0.05) is 0 Å². The molecule has 1 fully saturated rings. The van der Waals surface area contributed by atoms with E-state index in [1.165, 1.54) is 49.5 Å². The quantitative estimate of drug-likeness (QED) is 0.549. The number of nitrogens with zero attached hydrogens (tertiary/aromatic N) is 1. The molecule has 2 aliphatic heterocycles. The predicted octanol–water partition coefficient (Wildman–Crippen LogP) is 3.07. The van der Waals surface area contributed by atoms with Crippen molar-refractivity contribution in [2.75, 3.05) is 39.3 Å². The number of fused-ring (bicyclic) bond motifs is 1. The van der Waals surface area contributed by atoms with Gasteiger partial charge in [-0.05, 0) is 43.4 Å². The molecule has 0 spiro atoms. The standard InChI is InChI=1S/C25H26N2O8/c1-33-20-12-18(25(31)32)19(13-21(20)34-2)26-22(28)15-3-4-16-17(11-15)24(30)27(23(16)29)8-5-14-6-9-35-10-7-14/h3-4,11-14H,5-10H2,1-2H3,(H,26,28)(H,31,32). The number of methoxy groups -OCH3 is 2. The maximum atomic E-state index is 13.0. The Hall–Kier alpha value is -3.92. The van der Waals surface area contributed by atoms with Crippen molar-refractivity contribution in [3.63, 3.8) is 0 Å². The number of amides is 3. The highest BCUT2D eigenvalue weighted by atomic mass is 16.5. The van der Waals surface area contributed by atoms with E-state index in [-0.39, 0.29) is 45.3 Å². The Kier molecular flexibility index (Phi) is 7.02. The Morgan fingerprint density at radius 3 is 2.34 bits per heavy atom. The molecular weight excluding hydrogens is 456 g/mol. The maximum Gasteiger partial charge on any atom is 0.337 e. The number of hydrogen-bond acceptors (Lipinski definition) is 7. The van der Waals surface area contributed by atoms with Crippen LogP contribution in [-0.2, 0) is 4.74 Å². The number of carboxylic acid groups (broad SMARTS) is 1. The van der Waals surface area contributed by atoms with E-state index in [0.29, 0.717) is 32.1 Å². The van der Waals surface area contributed by atoms with E-state index in [1.54, 1.807) is 0 Å². The molecule has 10 nitrogen and oxygen atoms in total. The van der Waals surface area contributed by atoms with Crippen molar-refractivity contribution >= 4 is 29.4 Å². The average molecular weight is 482 g/mol. The van der Waals surface area contributed by atoms with E-state index in [1.807, 2.05) is 0 Å². The largest absolute Gasteiger partial charge is 0.493 e. The molecule has 2 heterocycles. The summed E-state index contributed by atoms with van der Waals surface area (Å²) in [5.41, 5.74) is 0.322. The lowest BCUT2D eigenvalue weighted by Crippen LogP contribution is -2.32. The first kappa shape index (κ1) is 24.2. The van der Waals surface area contributed by atoms with Crippen LogP contribution in [0, 0.1) is 5.92 Å². The van der Waals surface area contributed by atoms with Gasteiger partial charge in [-0.2, -0.15) is 0 Å². The second kappa shape index (κ2) is 10.1. The molecule has 0 unspecified atom stereocenters. The smallest absolute Gasteiger partial charge is 0.337 e. The molecule has 0 saturated carbocycles. The molecule has 4 rings (SSSR count). The number of anilines is 1. The summed E-state index contributed by atoms with van der Waals surface area (Å²) in [7, 11) is 2.76. The van der Waals surface area contributed by atoms with Crippen molar-refractivity contribution in [2.24, 2.45) is 5.92 Å². The first-order valence-electron chi connectivity index (χ1n) is 11.2. The number of ether oxygens (including phenoxy) is 3. The lowest BCUT2D eigenvalue weighted by molar-refractivity contribution is 0.0536. The minimum atomic E-state index is -1.27. The minimum Gasteiger partial charge on any atom is -0.493 e. The number of imide groups is 1. The molecule has 0 atom stereocenters. The number of aromatic carboxylic acids is 1. The van der Waals surface area contributed by atoms with E-state index >= 15 is 0 Å². The Balaban J connectivity index is 1.53. The third kappa shape index (κ3) is 4.83. The van der Waals surface area contributed by atoms with Gasteiger partial charge in [0.2, 0.25) is 0 Å². The monoisotopic (exact) mass is 482 g/mol. The van der Waals surface area contributed by atoms with Crippen LogP contribution in [0.25, 0.3) is 0 Å². The lowest BCUT2D eigenvalue weighted by atomic mass is 9.96. The topological polar surface area (TPSA) is 131 Å². The van der Waals surface area contributed by atoms with E-state index in [9.17, 15) is 24.3 Å². The molecular formula is C25H26N2O8. The fourth-order valence-corrected chi connectivity index (χ4v) is 4.34. The number of hydrogen-bond donors (Lipinski definition) is 2. The van der Waals surface area contributed by atoms with E-state index in [4.69, 9.17) is 14.2 Å². The minimum absolute atomic E-state index is 0.00106. The summed E-state index contributed by atoms with van der Waals surface area (Å²) < 4.78 is 15.7. The Labute approximate surface area is 201 Å². The second-order valence-corrected chi connectivity index (χ2v) is 8.38. The van der Waals surface area contributed by atoms with Crippen LogP contribution in [-0.4, -0.2) is 67.7 Å². The molecule has 184 valence electrons. The molecule has 2 aromatic rings. The summed E-state index contributed by atoms with van der Waals surface area (Å²) in [6.07, 6.45) is 2.52. The van der Waals surface area contributed by atoms with Gasteiger partial charge in [-0.25, -0.2) is 4.79 Å². The molecule has 2 aliphatic rings. The molecule has 0 aromatic heterocycles. The van der Waals surface area contributed by atoms with Gasteiger partial charge in [0, 0.05) is 37.5 Å². The fourth-order valence-electron chi connectivity index (χ4n) is 4.34. The van der Waals surface area contributed by atoms with Crippen molar-refractivity contribution in [2.45, 2.75) is 19.3 Å². The summed E-state index contributed by atoms with van der Waals surface area (Å²) in [4.78, 5) is 51.6. The third-order valence-corrected chi connectivity index (χ3v) is 6.34. The van der Waals surface area contributed by atoms with Gasteiger partial charge in [0.1, 0.15) is 0 Å². The van der Waals surface area contributed by atoms with Crippen LogP contribution in [0.5, 0.6) is 11.5 Å². The van der Waals surface area contributed by atoms with Gasteiger partial charge in [0.05, 0.1) is 36.6 Å². The average Bonchev–Trinajstić information content (AvgIpc) is 3.11. The van der Waals surface area contributed by atoms with Crippen molar-refractivity contribution in [1.29, 1.82) is 0 Å². The number of nitrogens with one attached hydrogen (secondary N) is 1. The molecule has 0 radical (unpaired) electrons. The lowest BCUT2D eigenvalue weighted by Gasteiger charge is -2.23. The van der Waals surface area contributed by atoms with Gasteiger partial charge in [0.15, 0.2) is 11.5 Å². The van der Waals surface area contributed by atoms with E-state index < -0.39 is 17.8 Å². The normalized spacial score (nSPS) is 15.7.